The fourth-order valence-corrected chi connectivity index (χ4v) is 2.31. The summed E-state index contributed by atoms with van der Waals surface area (Å²) in [5.41, 5.74) is 6.97. The maximum Gasteiger partial charge on any atom is 0.0166 e. The van der Waals surface area contributed by atoms with Crippen molar-refractivity contribution in [2.24, 2.45) is 11.7 Å². The topological polar surface area (TPSA) is 29.3 Å². The molecule has 1 heterocycles. The van der Waals surface area contributed by atoms with Crippen LogP contribution in [0.15, 0.2) is 36.4 Å². The van der Waals surface area contributed by atoms with Gasteiger partial charge in [0.25, 0.3) is 0 Å². The lowest BCUT2D eigenvalue weighted by Crippen LogP contribution is -2.36. The summed E-state index contributed by atoms with van der Waals surface area (Å²) < 4.78 is 0. The average Bonchev–Trinajstić information content (AvgIpc) is 2.41. The van der Waals surface area contributed by atoms with Crippen LogP contribution < -0.4 is 5.73 Å². The highest BCUT2D eigenvalue weighted by molar-refractivity contribution is 5.85. The Bertz CT molecular complexity index is 343. The van der Waals surface area contributed by atoms with Gasteiger partial charge in [-0.2, -0.15) is 0 Å². The van der Waals surface area contributed by atoms with Crippen LogP contribution in [-0.2, 0) is 0 Å². The van der Waals surface area contributed by atoms with Gasteiger partial charge < -0.3 is 5.73 Å². The molecule has 1 aliphatic heterocycles. The molecule has 0 aliphatic carbocycles. The van der Waals surface area contributed by atoms with Gasteiger partial charge in [0.2, 0.25) is 0 Å². The van der Waals surface area contributed by atoms with E-state index in [1.165, 1.54) is 31.5 Å². The number of nitrogens with zero attached hydrogens (tertiary/aromatic N) is 1. The number of halogens is 1. The summed E-state index contributed by atoms with van der Waals surface area (Å²) in [6.07, 6.45) is 6.98. The van der Waals surface area contributed by atoms with Gasteiger partial charge in [-0.1, -0.05) is 42.5 Å². The first-order valence-corrected chi connectivity index (χ1v) is 6.52. The van der Waals surface area contributed by atoms with E-state index < -0.39 is 0 Å². The van der Waals surface area contributed by atoms with Crippen molar-refractivity contribution in [3.05, 3.63) is 42.0 Å². The number of hydrogen-bond acceptors (Lipinski definition) is 2. The van der Waals surface area contributed by atoms with Crippen molar-refractivity contribution < 1.29 is 0 Å². The monoisotopic (exact) mass is 266 g/mol. The van der Waals surface area contributed by atoms with Crippen LogP contribution in [-0.4, -0.2) is 31.1 Å². The van der Waals surface area contributed by atoms with Gasteiger partial charge in [0, 0.05) is 6.54 Å². The summed E-state index contributed by atoms with van der Waals surface area (Å²) in [4.78, 5) is 2.51. The molecule has 18 heavy (non-hydrogen) atoms. The highest BCUT2D eigenvalue weighted by atomic mass is 35.5. The molecule has 2 rings (SSSR count). The van der Waals surface area contributed by atoms with E-state index in [0.717, 1.165) is 19.0 Å². The Morgan fingerprint density at radius 1 is 1.17 bits per heavy atom. The third-order valence-electron chi connectivity index (χ3n) is 3.51. The van der Waals surface area contributed by atoms with Crippen LogP contribution in [0.25, 0.3) is 6.08 Å². The van der Waals surface area contributed by atoms with E-state index in [-0.39, 0.29) is 12.4 Å². The second-order valence-corrected chi connectivity index (χ2v) is 4.79. The molecule has 3 heteroatoms. The lowest BCUT2D eigenvalue weighted by atomic mass is 9.97. The van der Waals surface area contributed by atoms with Crippen LogP contribution in [0.5, 0.6) is 0 Å². The molecule has 1 fully saturated rings. The van der Waals surface area contributed by atoms with Gasteiger partial charge >= 0.3 is 0 Å². The van der Waals surface area contributed by atoms with Crippen LogP contribution in [0, 0.1) is 5.92 Å². The van der Waals surface area contributed by atoms with Gasteiger partial charge in [0.1, 0.15) is 0 Å². The zero-order valence-electron chi connectivity index (χ0n) is 10.8. The van der Waals surface area contributed by atoms with Crippen LogP contribution in [0.4, 0.5) is 0 Å². The van der Waals surface area contributed by atoms with E-state index in [9.17, 15) is 0 Å². The zero-order valence-corrected chi connectivity index (χ0v) is 11.6. The Hall–Kier alpha value is -0.830. The van der Waals surface area contributed by atoms with Crippen molar-refractivity contribution in [3.8, 4) is 0 Å². The van der Waals surface area contributed by atoms with E-state index >= 15 is 0 Å². The Labute approximate surface area is 116 Å². The van der Waals surface area contributed by atoms with E-state index in [1.54, 1.807) is 0 Å². The molecule has 0 amide bonds. The Morgan fingerprint density at radius 3 is 2.44 bits per heavy atom. The van der Waals surface area contributed by atoms with Crippen LogP contribution in [0.1, 0.15) is 18.4 Å². The molecular weight excluding hydrogens is 244 g/mol. The molecule has 0 radical (unpaired) electrons. The first-order valence-electron chi connectivity index (χ1n) is 6.52. The van der Waals surface area contributed by atoms with Crippen molar-refractivity contribution >= 4 is 18.5 Å². The largest absolute Gasteiger partial charge is 0.330 e. The number of nitrogens with two attached hydrogens (primary N) is 1. The maximum absolute atomic E-state index is 5.69. The molecule has 0 aromatic heterocycles. The number of hydrogen-bond donors (Lipinski definition) is 1. The first kappa shape index (κ1) is 15.2. The van der Waals surface area contributed by atoms with Crippen molar-refractivity contribution in [1.82, 2.24) is 4.90 Å². The van der Waals surface area contributed by atoms with E-state index in [0.29, 0.717) is 0 Å². The molecule has 0 unspecified atom stereocenters. The molecule has 0 bridgehead atoms. The molecule has 1 aromatic carbocycles. The van der Waals surface area contributed by atoms with Crippen molar-refractivity contribution in [3.63, 3.8) is 0 Å². The lowest BCUT2D eigenvalue weighted by Gasteiger charge is -2.30. The normalized spacial score (nSPS) is 17.8. The van der Waals surface area contributed by atoms with Gasteiger partial charge in [-0.05, 0) is 44.0 Å². The van der Waals surface area contributed by atoms with Crippen LogP contribution >= 0.6 is 12.4 Å². The number of rotatable bonds is 4. The Morgan fingerprint density at radius 2 is 1.83 bits per heavy atom. The number of benzene rings is 1. The molecule has 0 saturated carbocycles. The quantitative estimate of drug-likeness (QED) is 0.908. The highest BCUT2D eigenvalue weighted by Crippen LogP contribution is 2.15. The second kappa shape index (κ2) is 8.30. The summed E-state index contributed by atoms with van der Waals surface area (Å²) in [7, 11) is 0. The summed E-state index contributed by atoms with van der Waals surface area (Å²) >= 11 is 0. The smallest absolute Gasteiger partial charge is 0.0166 e. The van der Waals surface area contributed by atoms with Gasteiger partial charge in [0.15, 0.2) is 0 Å². The van der Waals surface area contributed by atoms with Gasteiger partial charge in [-0.15, -0.1) is 12.4 Å². The zero-order chi connectivity index (χ0) is 11.9. The van der Waals surface area contributed by atoms with Crippen LogP contribution in [0.2, 0.25) is 0 Å². The van der Waals surface area contributed by atoms with Crippen molar-refractivity contribution in [2.75, 3.05) is 26.2 Å². The lowest BCUT2D eigenvalue weighted by molar-refractivity contribution is 0.204. The third kappa shape index (κ3) is 4.81. The summed E-state index contributed by atoms with van der Waals surface area (Å²) in [5.74, 6) is 0.754. The number of piperidine rings is 1. The van der Waals surface area contributed by atoms with Crippen molar-refractivity contribution in [1.29, 1.82) is 0 Å². The highest BCUT2D eigenvalue weighted by Gasteiger charge is 2.16. The summed E-state index contributed by atoms with van der Waals surface area (Å²) in [5, 5.41) is 0. The second-order valence-electron chi connectivity index (χ2n) is 4.79. The van der Waals surface area contributed by atoms with Gasteiger partial charge in [-0.3, -0.25) is 4.90 Å². The fraction of sp³-hybridized carbons (Fsp3) is 0.467. The minimum atomic E-state index is 0. The predicted octanol–water partition coefficient (Wildman–Crippen LogP) is 2.79. The molecule has 100 valence electrons. The SMILES string of the molecule is Cl.NCC1CCN(C/C=C/c2ccccc2)CC1. The van der Waals surface area contributed by atoms with Gasteiger partial charge in [-0.25, -0.2) is 0 Å². The number of likely N-dealkylation sites (tertiary alicyclic amines) is 1. The van der Waals surface area contributed by atoms with Crippen molar-refractivity contribution in [2.45, 2.75) is 12.8 Å². The standard InChI is InChI=1S/C15H22N2.ClH/c16-13-15-8-11-17(12-9-15)10-4-7-14-5-2-1-3-6-14;/h1-7,15H,8-13,16H2;1H/b7-4+;. The molecule has 0 spiro atoms. The molecular formula is C15H23ClN2. The predicted molar refractivity (Wildman–Crippen MR) is 80.9 cm³/mol. The molecule has 1 aromatic rings. The minimum Gasteiger partial charge on any atom is -0.330 e. The summed E-state index contributed by atoms with van der Waals surface area (Å²) in [6, 6.07) is 10.5. The molecule has 1 aliphatic rings. The molecule has 0 atom stereocenters. The average molecular weight is 267 g/mol. The Kier molecular flexibility index (Phi) is 7.02. The third-order valence-corrected chi connectivity index (χ3v) is 3.51. The maximum atomic E-state index is 5.69. The molecule has 1 saturated heterocycles. The fourth-order valence-electron chi connectivity index (χ4n) is 2.31. The molecule has 2 N–H and O–H groups in total. The van der Waals surface area contributed by atoms with E-state index in [4.69, 9.17) is 5.73 Å². The van der Waals surface area contributed by atoms with Gasteiger partial charge in [0.05, 0.1) is 0 Å². The molecule has 2 nitrogen and oxygen atoms in total. The van der Waals surface area contributed by atoms with E-state index in [1.807, 2.05) is 0 Å². The van der Waals surface area contributed by atoms with Crippen LogP contribution in [0.3, 0.4) is 0 Å². The minimum absolute atomic E-state index is 0. The van der Waals surface area contributed by atoms with E-state index in [2.05, 4.69) is 47.4 Å². The Balaban J connectivity index is 0.00000162. The first-order chi connectivity index (χ1) is 8.38. The summed E-state index contributed by atoms with van der Waals surface area (Å²) in [6.45, 7) is 4.31.